The molecule has 0 spiro atoms. The zero-order valence-electron chi connectivity index (χ0n) is 10.4. The zero-order chi connectivity index (χ0) is 13.8. The first-order valence-electron chi connectivity index (χ1n) is 5.31. The van der Waals surface area contributed by atoms with Crippen LogP contribution in [0, 0.1) is 0 Å². The van der Waals surface area contributed by atoms with E-state index in [1.807, 2.05) is 13.8 Å². The van der Waals surface area contributed by atoms with E-state index >= 15 is 0 Å². The van der Waals surface area contributed by atoms with Crippen LogP contribution in [0.25, 0.3) is 10.4 Å². The van der Waals surface area contributed by atoms with Crippen molar-refractivity contribution in [3.05, 3.63) is 45.3 Å². The maximum absolute atomic E-state index is 11.7. The van der Waals surface area contributed by atoms with E-state index in [0.717, 1.165) is 5.56 Å². The fourth-order valence-corrected chi connectivity index (χ4v) is 1.81. The van der Waals surface area contributed by atoms with E-state index in [0.29, 0.717) is 5.02 Å². The second-order valence-corrected chi connectivity index (χ2v) is 4.80. The SMILES string of the molecule is COC(=O)[C@@H](N=[N+]=[N-])C(C)(C)c1ccc(Cl)cc1. The second-order valence-electron chi connectivity index (χ2n) is 4.36. The van der Waals surface area contributed by atoms with Gasteiger partial charge < -0.3 is 4.74 Å². The van der Waals surface area contributed by atoms with Crippen LogP contribution in [-0.4, -0.2) is 19.1 Å². The van der Waals surface area contributed by atoms with Crippen molar-refractivity contribution < 1.29 is 9.53 Å². The molecule has 0 bridgehead atoms. The van der Waals surface area contributed by atoms with Crippen LogP contribution < -0.4 is 0 Å². The molecule has 0 saturated carbocycles. The number of hydrogen-bond acceptors (Lipinski definition) is 3. The lowest BCUT2D eigenvalue weighted by molar-refractivity contribution is -0.143. The molecule has 96 valence electrons. The maximum Gasteiger partial charge on any atom is 0.315 e. The van der Waals surface area contributed by atoms with Crippen LogP contribution >= 0.6 is 11.6 Å². The number of carbonyl (C=O) groups excluding carboxylic acids is 1. The topological polar surface area (TPSA) is 75.1 Å². The van der Waals surface area contributed by atoms with Gasteiger partial charge in [-0.2, -0.15) is 0 Å². The lowest BCUT2D eigenvalue weighted by Gasteiger charge is -2.29. The molecule has 0 aromatic heterocycles. The fraction of sp³-hybridized carbons (Fsp3) is 0.417. The highest BCUT2D eigenvalue weighted by molar-refractivity contribution is 6.30. The molecular formula is C12H14ClN3O2. The molecule has 0 aliphatic rings. The Labute approximate surface area is 110 Å². The Hall–Kier alpha value is -1.71. The first-order valence-corrected chi connectivity index (χ1v) is 5.69. The third kappa shape index (κ3) is 2.94. The molecule has 0 amide bonds. The molecule has 0 N–H and O–H groups in total. The normalized spacial score (nSPS) is 12.4. The molecule has 1 aromatic rings. The van der Waals surface area contributed by atoms with Crippen LogP contribution in [0.1, 0.15) is 19.4 Å². The van der Waals surface area contributed by atoms with Crippen molar-refractivity contribution >= 4 is 17.6 Å². The van der Waals surface area contributed by atoms with Gasteiger partial charge in [0, 0.05) is 15.3 Å². The molecule has 1 atom stereocenters. The van der Waals surface area contributed by atoms with Gasteiger partial charge in [0.2, 0.25) is 0 Å². The van der Waals surface area contributed by atoms with Crippen LogP contribution in [-0.2, 0) is 14.9 Å². The van der Waals surface area contributed by atoms with Gasteiger partial charge in [0.05, 0.1) is 7.11 Å². The number of methoxy groups -OCH3 is 1. The first kappa shape index (κ1) is 14.4. The largest absolute Gasteiger partial charge is 0.469 e. The first-order chi connectivity index (χ1) is 8.43. The number of esters is 1. The molecule has 0 fully saturated rings. The summed E-state index contributed by atoms with van der Waals surface area (Å²) in [4.78, 5) is 14.4. The number of rotatable bonds is 4. The molecule has 0 aliphatic heterocycles. The Morgan fingerprint density at radius 2 is 2.00 bits per heavy atom. The molecule has 1 rings (SSSR count). The van der Waals surface area contributed by atoms with Crippen molar-refractivity contribution in [1.82, 2.24) is 0 Å². The predicted molar refractivity (Wildman–Crippen MR) is 69.4 cm³/mol. The highest BCUT2D eigenvalue weighted by Crippen LogP contribution is 2.31. The molecular weight excluding hydrogens is 254 g/mol. The van der Waals surface area contributed by atoms with Crippen molar-refractivity contribution in [3.63, 3.8) is 0 Å². The van der Waals surface area contributed by atoms with Gasteiger partial charge >= 0.3 is 5.97 Å². The summed E-state index contributed by atoms with van der Waals surface area (Å²) in [6.45, 7) is 3.62. The zero-order valence-corrected chi connectivity index (χ0v) is 11.2. The third-order valence-corrected chi connectivity index (χ3v) is 3.12. The summed E-state index contributed by atoms with van der Waals surface area (Å²) < 4.78 is 4.67. The fourth-order valence-electron chi connectivity index (χ4n) is 1.69. The number of benzene rings is 1. The average molecular weight is 268 g/mol. The molecule has 6 heteroatoms. The average Bonchev–Trinajstić information content (AvgIpc) is 2.35. The summed E-state index contributed by atoms with van der Waals surface area (Å²) in [5.41, 5.74) is 8.73. The van der Waals surface area contributed by atoms with Gasteiger partial charge in [0.25, 0.3) is 0 Å². The summed E-state index contributed by atoms with van der Waals surface area (Å²) >= 11 is 5.82. The standard InChI is InChI=1S/C12H14ClN3O2/c1-12(2,8-4-6-9(13)7-5-8)10(15-16-14)11(17)18-3/h4-7,10H,1-3H3/t10-/m1/s1. The lowest BCUT2D eigenvalue weighted by Crippen LogP contribution is -2.39. The molecule has 5 nitrogen and oxygen atoms in total. The van der Waals surface area contributed by atoms with Crippen molar-refractivity contribution in [2.45, 2.75) is 25.3 Å². The molecule has 0 saturated heterocycles. The van der Waals surface area contributed by atoms with Crippen molar-refractivity contribution in [3.8, 4) is 0 Å². The van der Waals surface area contributed by atoms with E-state index in [-0.39, 0.29) is 0 Å². The molecule has 0 aliphatic carbocycles. The molecule has 18 heavy (non-hydrogen) atoms. The summed E-state index contributed by atoms with van der Waals surface area (Å²) in [7, 11) is 1.26. The van der Waals surface area contributed by atoms with Crippen LogP contribution in [0.5, 0.6) is 0 Å². The molecule has 0 unspecified atom stereocenters. The Bertz CT molecular complexity index is 479. The summed E-state index contributed by atoms with van der Waals surface area (Å²) in [5.74, 6) is -0.562. The van der Waals surface area contributed by atoms with Gasteiger partial charge in [0.1, 0.15) is 6.04 Å². The van der Waals surface area contributed by atoms with E-state index < -0.39 is 17.4 Å². The minimum Gasteiger partial charge on any atom is -0.469 e. The van der Waals surface area contributed by atoms with E-state index in [2.05, 4.69) is 14.8 Å². The second kappa shape index (κ2) is 5.76. The van der Waals surface area contributed by atoms with Gasteiger partial charge in [-0.25, -0.2) is 0 Å². The van der Waals surface area contributed by atoms with Gasteiger partial charge in [-0.1, -0.05) is 42.7 Å². The number of nitrogens with zero attached hydrogens (tertiary/aromatic N) is 3. The minimum absolute atomic E-state index is 0.562. The smallest absolute Gasteiger partial charge is 0.315 e. The number of halogens is 1. The summed E-state index contributed by atoms with van der Waals surface area (Å²) in [6, 6.07) is 6.12. The summed E-state index contributed by atoms with van der Waals surface area (Å²) in [6.07, 6.45) is 0. The number of ether oxygens (including phenoxy) is 1. The third-order valence-electron chi connectivity index (χ3n) is 2.86. The quantitative estimate of drug-likeness (QED) is 0.362. The Kier molecular flexibility index (Phi) is 4.59. The Morgan fingerprint density at radius 1 is 1.44 bits per heavy atom. The molecule has 0 radical (unpaired) electrons. The Balaban J connectivity index is 3.19. The molecule has 1 aromatic carbocycles. The van der Waals surface area contributed by atoms with Gasteiger partial charge in [-0.05, 0) is 23.2 Å². The van der Waals surface area contributed by atoms with Crippen LogP contribution in [0.3, 0.4) is 0 Å². The number of azide groups is 1. The Morgan fingerprint density at radius 3 is 2.44 bits per heavy atom. The van der Waals surface area contributed by atoms with Crippen molar-refractivity contribution in [2.75, 3.05) is 7.11 Å². The lowest BCUT2D eigenvalue weighted by atomic mass is 9.78. The van der Waals surface area contributed by atoms with Gasteiger partial charge in [-0.3, -0.25) is 4.79 Å². The van der Waals surface area contributed by atoms with E-state index in [1.165, 1.54) is 7.11 Å². The maximum atomic E-state index is 11.7. The van der Waals surface area contributed by atoms with Gasteiger partial charge in [0.15, 0.2) is 0 Å². The highest BCUT2D eigenvalue weighted by Gasteiger charge is 2.36. The van der Waals surface area contributed by atoms with Crippen LogP contribution in [0.2, 0.25) is 5.02 Å². The van der Waals surface area contributed by atoms with Gasteiger partial charge in [-0.15, -0.1) is 0 Å². The van der Waals surface area contributed by atoms with Crippen molar-refractivity contribution in [2.24, 2.45) is 5.11 Å². The minimum atomic E-state index is -0.923. The van der Waals surface area contributed by atoms with E-state index in [1.54, 1.807) is 24.3 Å². The molecule has 0 heterocycles. The predicted octanol–water partition coefficient (Wildman–Crippen LogP) is 3.47. The monoisotopic (exact) mass is 267 g/mol. The van der Waals surface area contributed by atoms with E-state index in [9.17, 15) is 4.79 Å². The summed E-state index contributed by atoms with van der Waals surface area (Å²) in [5, 5.41) is 4.14. The van der Waals surface area contributed by atoms with Crippen LogP contribution in [0.4, 0.5) is 0 Å². The number of hydrogen-bond donors (Lipinski definition) is 0. The van der Waals surface area contributed by atoms with E-state index in [4.69, 9.17) is 17.1 Å². The van der Waals surface area contributed by atoms with Crippen molar-refractivity contribution in [1.29, 1.82) is 0 Å². The highest BCUT2D eigenvalue weighted by atomic mass is 35.5. The van der Waals surface area contributed by atoms with Crippen LogP contribution in [0.15, 0.2) is 29.4 Å². The number of carbonyl (C=O) groups is 1.